The van der Waals surface area contributed by atoms with E-state index in [1.54, 1.807) is 0 Å². The third-order valence-electron chi connectivity index (χ3n) is 3.52. The summed E-state index contributed by atoms with van der Waals surface area (Å²) in [7, 11) is -3.80. The Labute approximate surface area is 152 Å². The number of para-hydroxylation sites is 1. The first-order valence-electron chi connectivity index (χ1n) is 8.09. The maximum absolute atomic E-state index is 12.2. The van der Waals surface area contributed by atoms with Gasteiger partial charge in [-0.1, -0.05) is 24.3 Å². The largest absolute Gasteiger partial charge is 0.494 e. The molecule has 0 atom stereocenters. The average molecular weight is 379 g/mol. The minimum atomic E-state index is -3.80. The lowest BCUT2D eigenvalue weighted by atomic mass is 10.2. The van der Waals surface area contributed by atoms with Gasteiger partial charge in [0.2, 0.25) is 10.0 Å². The summed E-state index contributed by atoms with van der Waals surface area (Å²) in [6.45, 7) is 3.57. The van der Waals surface area contributed by atoms with Crippen LogP contribution in [0.25, 0.3) is 0 Å². The highest BCUT2D eigenvalue weighted by atomic mass is 32.2. The Morgan fingerprint density at radius 1 is 1.12 bits per heavy atom. The Morgan fingerprint density at radius 2 is 1.88 bits per heavy atom. The van der Waals surface area contributed by atoms with Gasteiger partial charge in [-0.3, -0.25) is 10.1 Å². The molecule has 0 unspecified atom stereocenters. The SMILES string of the molecule is CCOc1ccccc1CNCCNS(=O)(=O)c1cccc([N+](=O)[O-])c1. The standard InChI is InChI=1S/C17H21N3O5S/c1-2-25-17-9-4-3-6-14(17)13-18-10-11-19-26(23,24)16-8-5-7-15(12-16)20(21)22/h3-9,12,18-19H,2,10-11,13H2,1H3. The lowest BCUT2D eigenvalue weighted by molar-refractivity contribution is -0.385. The second kappa shape index (κ2) is 9.27. The number of ether oxygens (including phenoxy) is 1. The maximum atomic E-state index is 12.2. The van der Waals surface area contributed by atoms with Crippen LogP contribution < -0.4 is 14.8 Å². The maximum Gasteiger partial charge on any atom is 0.270 e. The Balaban J connectivity index is 1.86. The van der Waals surface area contributed by atoms with Gasteiger partial charge in [-0.25, -0.2) is 13.1 Å². The van der Waals surface area contributed by atoms with Gasteiger partial charge in [0.05, 0.1) is 16.4 Å². The number of benzene rings is 2. The van der Waals surface area contributed by atoms with Crippen molar-refractivity contribution in [3.63, 3.8) is 0 Å². The van der Waals surface area contributed by atoms with Crippen molar-refractivity contribution in [2.75, 3.05) is 19.7 Å². The fourth-order valence-electron chi connectivity index (χ4n) is 2.29. The lowest BCUT2D eigenvalue weighted by Crippen LogP contribution is -2.31. The smallest absolute Gasteiger partial charge is 0.270 e. The summed E-state index contributed by atoms with van der Waals surface area (Å²) in [4.78, 5) is 10.00. The van der Waals surface area contributed by atoms with Crippen LogP contribution in [-0.4, -0.2) is 33.0 Å². The van der Waals surface area contributed by atoms with Crippen LogP contribution in [0, 0.1) is 10.1 Å². The van der Waals surface area contributed by atoms with Crippen molar-refractivity contribution in [2.45, 2.75) is 18.4 Å². The number of hydrogen-bond acceptors (Lipinski definition) is 6. The second-order valence-electron chi connectivity index (χ2n) is 5.37. The van der Waals surface area contributed by atoms with E-state index in [9.17, 15) is 18.5 Å². The van der Waals surface area contributed by atoms with Crippen LogP contribution in [0.4, 0.5) is 5.69 Å². The summed E-state index contributed by atoms with van der Waals surface area (Å²) in [6.07, 6.45) is 0. The van der Waals surface area contributed by atoms with Crippen molar-refractivity contribution in [3.05, 3.63) is 64.2 Å². The fourth-order valence-corrected chi connectivity index (χ4v) is 3.36. The monoisotopic (exact) mass is 379 g/mol. The molecule has 0 aliphatic heterocycles. The number of hydrogen-bond donors (Lipinski definition) is 2. The summed E-state index contributed by atoms with van der Waals surface area (Å²) in [5, 5.41) is 13.9. The Morgan fingerprint density at radius 3 is 2.62 bits per heavy atom. The molecule has 0 aliphatic carbocycles. The quantitative estimate of drug-likeness (QED) is 0.371. The number of nitro benzene ring substituents is 1. The normalized spacial score (nSPS) is 11.3. The highest BCUT2D eigenvalue weighted by Crippen LogP contribution is 2.18. The van der Waals surface area contributed by atoms with Crippen LogP contribution in [-0.2, 0) is 16.6 Å². The molecule has 2 aromatic carbocycles. The van der Waals surface area contributed by atoms with Crippen molar-refractivity contribution in [3.8, 4) is 5.75 Å². The van der Waals surface area contributed by atoms with E-state index in [4.69, 9.17) is 4.74 Å². The van der Waals surface area contributed by atoms with E-state index >= 15 is 0 Å². The summed E-state index contributed by atoms with van der Waals surface area (Å²) >= 11 is 0. The third-order valence-corrected chi connectivity index (χ3v) is 4.98. The van der Waals surface area contributed by atoms with Crippen LogP contribution in [0.3, 0.4) is 0 Å². The van der Waals surface area contributed by atoms with E-state index in [1.807, 2.05) is 31.2 Å². The van der Waals surface area contributed by atoms with Crippen LogP contribution in [0.15, 0.2) is 53.4 Å². The number of sulfonamides is 1. The zero-order chi connectivity index (χ0) is 19.0. The summed E-state index contributed by atoms with van der Waals surface area (Å²) < 4.78 is 32.3. The Kier molecular flexibility index (Phi) is 7.07. The molecule has 0 aromatic heterocycles. The van der Waals surface area contributed by atoms with E-state index in [-0.39, 0.29) is 17.1 Å². The molecule has 9 heteroatoms. The lowest BCUT2D eigenvalue weighted by Gasteiger charge is -2.11. The zero-order valence-electron chi connectivity index (χ0n) is 14.3. The molecule has 8 nitrogen and oxygen atoms in total. The molecule has 0 radical (unpaired) electrons. The summed E-state index contributed by atoms with van der Waals surface area (Å²) in [5.74, 6) is 0.791. The van der Waals surface area contributed by atoms with Gasteiger partial charge in [0.25, 0.3) is 5.69 Å². The topological polar surface area (TPSA) is 111 Å². The molecule has 0 heterocycles. The summed E-state index contributed by atoms with van der Waals surface area (Å²) in [6, 6.07) is 12.6. The third kappa shape index (κ3) is 5.51. The zero-order valence-corrected chi connectivity index (χ0v) is 15.2. The van der Waals surface area contributed by atoms with Crippen LogP contribution in [0.1, 0.15) is 12.5 Å². The van der Waals surface area contributed by atoms with E-state index in [0.717, 1.165) is 17.4 Å². The van der Waals surface area contributed by atoms with Gasteiger partial charge in [-0.2, -0.15) is 0 Å². The first kappa shape index (κ1) is 19.8. The summed E-state index contributed by atoms with van der Waals surface area (Å²) in [5.41, 5.74) is 0.717. The molecule has 0 amide bonds. The van der Waals surface area contributed by atoms with Crippen molar-refractivity contribution in [1.82, 2.24) is 10.0 Å². The van der Waals surface area contributed by atoms with Crippen molar-refractivity contribution in [1.29, 1.82) is 0 Å². The Bertz CT molecular complexity index is 855. The molecule has 140 valence electrons. The molecule has 0 saturated carbocycles. The van der Waals surface area contributed by atoms with Gasteiger partial charge < -0.3 is 10.1 Å². The van der Waals surface area contributed by atoms with Crippen molar-refractivity contribution < 1.29 is 18.1 Å². The minimum absolute atomic E-state index is 0.131. The number of nitro groups is 1. The van der Waals surface area contributed by atoms with Gasteiger partial charge in [-0.15, -0.1) is 0 Å². The first-order valence-corrected chi connectivity index (χ1v) is 9.58. The van der Waals surface area contributed by atoms with E-state index in [0.29, 0.717) is 19.7 Å². The van der Waals surface area contributed by atoms with Crippen LogP contribution >= 0.6 is 0 Å². The molecule has 26 heavy (non-hydrogen) atoms. The molecule has 0 bridgehead atoms. The number of rotatable bonds is 10. The van der Waals surface area contributed by atoms with Gasteiger partial charge in [-0.05, 0) is 19.1 Å². The van der Waals surface area contributed by atoms with Crippen molar-refractivity contribution in [2.24, 2.45) is 0 Å². The highest BCUT2D eigenvalue weighted by Gasteiger charge is 2.16. The van der Waals surface area contributed by atoms with Gasteiger partial charge in [0.1, 0.15) is 5.75 Å². The minimum Gasteiger partial charge on any atom is -0.494 e. The highest BCUT2D eigenvalue weighted by molar-refractivity contribution is 7.89. The molecule has 0 aliphatic rings. The molecule has 2 aromatic rings. The average Bonchev–Trinajstić information content (AvgIpc) is 2.63. The molecule has 2 N–H and O–H groups in total. The Hall–Kier alpha value is -2.49. The van der Waals surface area contributed by atoms with Crippen molar-refractivity contribution >= 4 is 15.7 Å². The second-order valence-corrected chi connectivity index (χ2v) is 7.14. The molecule has 0 saturated heterocycles. The van der Waals surface area contributed by atoms with Gasteiger partial charge >= 0.3 is 0 Å². The van der Waals surface area contributed by atoms with E-state index in [1.165, 1.54) is 18.2 Å². The predicted molar refractivity (Wildman–Crippen MR) is 97.6 cm³/mol. The first-order chi connectivity index (χ1) is 12.4. The number of non-ortho nitro benzene ring substituents is 1. The molecule has 0 spiro atoms. The van der Waals surface area contributed by atoms with Crippen LogP contribution in [0.2, 0.25) is 0 Å². The fraction of sp³-hybridized carbons (Fsp3) is 0.294. The van der Waals surface area contributed by atoms with Gasteiger partial charge in [0, 0.05) is 37.3 Å². The molecular weight excluding hydrogens is 358 g/mol. The number of nitrogens with one attached hydrogen (secondary N) is 2. The number of nitrogens with zero attached hydrogens (tertiary/aromatic N) is 1. The van der Waals surface area contributed by atoms with Crippen LogP contribution in [0.5, 0.6) is 5.75 Å². The van der Waals surface area contributed by atoms with E-state index < -0.39 is 14.9 Å². The predicted octanol–water partition coefficient (Wildman–Crippen LogP) is 2.06. The molecule has 0 fully saturated rings. The molecule has 2 rings (SSSR count). The molecular formula is C17H21N3O5S. The van der Waals surface area contributed by atoms with Gasteiger partial charge in [0.15, 0.2) is 0 Å². The van der Waals surface area contributed by atoms with E-state index in [2.05, 4.69) is 10.0 Å².